The maximum Gasteiger partial charge on any atom is 0.251 e. The second kappa shape index (κ2) is 6.52. The van der Waals surface area contributed by atoms with E-state index in [4.69, 9.17) is 4.74 Å². The van der Waals surface area contributed by atoms with E-state index >= 15 is 0 Å². The molecule has 1 fully saturated rings. The molecule has 0 unspecified atom stereocenters. The highest BCUT2D eigenvalue weighted by Crippen LogP contribution is 2.25. The Labute approximate surface area is 134 Å². The zero-order valence-electron chi connectivity index (χ0n) is 12.9. The van der Waals surface area contributed by atoms with Crippen LogP contribution in [0.2, 0.25) is 0 Å². The third-order valence-electron chi connectivity index (χ3n) is 3.86. The van der Waals surface area contributed by atoms with Gasteiger partial charge in [-0.05, 0) is 24.3 Å². The van der Waals surface area contributed by atoms with E-state index in [9.17, 15) is 9.59 Å². The molecule has 2 aromatic rings. The van der Waals surface area contributed by atoms with Crippen molar-refractivity contribution in [3.8, 4) is 5.75 Å². The Morgan fingerprint density at radius 3 is 2.70 bits per heavy atom. The summed E-state index contributed by atoms with van der Waals surface area (Å²) >= 11 is 0. The molecule has 0 aromatic heterocycles. The first-order valence-electron chi connectivity index (χ1n) is 7.47. The Kier molecular flexibility index (Phi) is 4.28. The number of nitrogens with zero attached hydrogens (tertiary/aromatic N) is 1. The Bertz CT molecular complexity index is 715. The van der Waals surface area contributed by atoms with E-state index in [1.807, 2.05) is 42.5 Å². The second-order valence-electron chi connectivity index (χ2n) is 5.45. The number of anilines is 1. The van der Waals surface area contributed by atoms with Crippen LogP contribution in [0.15, 0.2) is 54.6 Å². The molecule has 0 radical (unpaired) electrons. The van der Waals surface area contributed by atoms with Gasteiger partial charge >= 0.3 is 0 Å². The van der Waals surface area contributed by atoms with Crippen LogP contribution >= 0.6 is 0 Å². The van der Waals surface area contributed by atoms with Crippen molar-refractivity contribution < 1.29 is 14.3 Å². The molecular weight excluding hydrogens is 292 g/mol. The summed E-state index contributed by atoms with van der Waals surface area (Å²) in [5.41, 5.74) is 1.38. The molecule has 3 rings (SSSR count). The zero-order chi connectivity index (χ0) is 16.2. The molecule has 0 aliphatic carbocycles. The standard InChI is InChI=1S/C18H18N2O3/c1-23-16-9-5-8-15(11-16)20-12-14(10-17(20)21)19-18(22)13-6-3-2-4-7-13/h2-9,11,14H,10,12H2,1H3,(H,19,22)/t14-/m1/s1. The van der Waals surface area contributed by atoms with Gasteiger partial charge in [-0.15, -0.1) is 0 Å². The van der Waals surface area contributed by atoms with Crippen LogP contribution in [0, 0.1) is 0 Å². The van der Waals surface area contributed by atoms with Crippen LogP contribution in [0.5, 0.6) is 5.75 Å². The smallest absolute Gasteiger partial charge is 0.251 e. The number of nitrogens with one attached hydrogen (secondary N) is 1. The number of hydrogen-bond donors (Lipinski definition) is 1. The van der Waals surface area contributed by atoms with E-state index in [1.54, 1.807) is 24.1 Å². The van der Waals surface area contributed by atoms with Crippen molar-refractivity contribution >= 4 is 17.5 Å². The van der Waals surface area contributed by atoms with Gasteiger partial charge in [0.2, 0.25) is 5.91 Å². The van der Waals surface area contributed by atoms with Crippen molar-refractivity contribution in [2.45, 2.75) is 12.5 Å². The molecule has 2 aromatic carbocycles. The van der Waals surface area contributed by atoms with E-state index < -0.39 is 0 Å². The first-order chi connectivity index (χ1) is 11.2. The maximum atomic E-state index is 12.2. The average molecular weight is 310 g/mol. The quantitative estimate of drug-likeness (QED) is 0.942. The summed E-state index contributed by atoms with van der Waals surface area (Å²) in [5.74, 6) is 0.541. The fourth-order valence-corrected chi connectivity index (χ4v) is 2.69. The van der Waals surface area contributed by atoms with Gasteiger partial charge in [0, 0.05) is 30.3 Å². The molecule has 118 valence electrons. The predicted molar refractivity (Wildman–Crippen MR) is 87.7 cm³/mol. The van der Waals surface area contributed by atoms with E-state index in [2.05, 4.69) is 5.32 Å². The molecule has 0 saturated carbocycles. The lowest BCUT2D eigenvalue weighted by Gasteiger charge is -2.18. The third-order valence-corrected chi connectivity index (χ3v) is 3.86. The molecule has 1 aliphatic heterocycles. The van der Waals surface area contributed by atoms with Crippen molar-refractivity contribution in [1.82, 2.24) is 5.32 Å². The van der Waals surface area contributed by atoms with E-state index in [0.717, 1.165) is 5.69 Å². The van der Waals surface area contributed by atoms with Crippen molar-refractivity contribution in [2.75, 3.05) is 18.6 Å². The molecule has 1 atom stereocenters. The normalized spacial score (nSPS) is 17.2. The number of ether oxygens (including phenoxy) is 1. The Balaban J connectivity index is 1.69. The first-order valence-corrected chi connectivity index (χ1v) is 7.47. The molecule has 23 heavy (non-hydrogen) atoms. The van der Waals surface area contributed by atoms with Gasteiger partial charge in [0.1, 0.15) is 5.75 Å². The number of carbonyl (C=O) groups is 2. The van der Waals surface area contributed by atoms with Crippen LogP contribution in [0.3, 0.4) is 0 Å². The minimum atomic E-state index is -0.193. The van der Waals surface area contributed by atoms with Crippen LogP contribution < -0.4 is 15.0 Å². The van der Waals surface area contributed by atoms with Gasteiger partial charge in [-0.3, -0.25) is 9.59 Å². The molecular formula is C18H18N2O3. The average Bonchev–Trinajstić information content (AvgIpc) is 2.96. The number of benzene rings is 2. The van der Waals surface area contributed by atoms with Gasteiger partial charge in [-0.25, -0.2) is 0 Å². The molecule has 1 aliphatic rings. The van der Waals surface area contributed by atoms with Crippen molar-refractivity contribution in [3.05, 3.63) is 60.2 Å². The lowest BCUT2D eigenvalue weighted by molar-refractivity contribution is -0.117. The van der Waals surface area contributed by atoms with Gasteiger partial charge in [-0.1, -0.05) is 24.3 Å². The highest BCUT2D eigenvalue weighted by molar-refractivity contribution is 5.99. The lowest BCUT2D eigenvalue weighted by Crippen LogP contribution is -2.37. The van der Waals surface area contributed by atoms with E-state index in [-0.39, 0.29) is 17.9 Å². The van der Waals surface area contributed by atoms with Gasteiger partial charge in [0.15, 0.2) is 0 Å². The largest absolute Gasteiger partial charge is 0.497 e. The van der Waals surface area contributed by atoms with Gasteiger partial charge in [-0.2, -0.15) is 0 Å². The monoisotopic (exact) mass is 310 g/mol. The minimum Gasteiger partial charge on any atom is -0.497 e. The van der Waals surface area contributed by atoms with Crippen LogP contribution in [0.1, 0.15) is 16.8 Å². The summed E-state index contributed by atoms with van der Waals surface area (Å²) in [7, 11) is 1.59. The number of rotatable bonds is 4. The number of amides is 2. The van der Waals surface area contributed by atoms with Crippen molar-refractivity contribution in [2.24, 2.45) is 0 Å². The Hall–Kier alpha value is -2.82. The zero-order valence-corrected chi connectivity index (χ0v) is 12.9. The van der Waals surface area contributed by atoms with Crippen molar-refractivity contribution in [1.29, 1.82) is 0 Å². The molecule has 1 N–H and O–H groups in total. The van der Waals surface area contributed by atoms with Crippen molar-refractivity contribution in [3.63, 3.8) is 0 Å². The molecule has 5 heteroatoms. The summed E-state index contributed by atoms with van der Waals surface area (Å²) in [4.78, 5) is 26.1. The summed E-state index contributed by atoms with van der Waals surface area (Å²) in [6.07, 6.45) is 0.301. The highest BCUT2D eigenvalue weighted by Gasteiger charge is 2.31. The minimum absolute atomic E-state index is 0.00313. The summed E-state index contributed by atoms with van der Waals surface area (Å²) < 4.78 is 5.19. The first kappa shape index (κ1) is 15.1. The molecule has 0 spiro atoms. The summed E-state index contributed by atoms with van der Waals surface area (Å²) in [5, 5.41) is 2.92. The second-order valence-corrected chi connectivity index (χ2v) is 5.45. The van der Waals surface area contributed by atoms with Crippen LogP contribution in [-0.4, -0.2) is 31.5 Å². The van der Waals surface area contributed by atoms with Gasteiger partial charge in [0.25, 0.3) is 5.91 Å². The fraction of sp³-hybridized carbons (Fsp3) is 0.222. The lowest BCUT2D eigenvalue weighted by atomic mass is 10.2. The summed E-state index contributed by atoms with van der Waals surface area (Å²) in [6, 6.07) is 16.2. The molecule has 1 heterocycles. The Morgan fingerprint density at radius 1 is 1.17 bits per heavy atom. The van der Waals surface area contributed by atoms with Gasteiger partial charge < -0.3 is 15.0 Å². The number of carbonyl (C=O) groups excluding carboxylic acids is 2. The number of methoxy groups -OCH3 is 1. The van der Waals surface area contributed by atoms with Crippen LogP contribution in [0.25, 0.3) is 0 Å². The third kappa shape index (κ3) is 3.34. The van der Waals surface area contributed by atoms with Crippen LogP contribution in [0.4, 0.5) is 5.69 Å². The predicted octanol–water partition coefficient (Wildman–Crippen LogP) is 2.23. The molecule has 2 amide bonds. The van der Waals surface area contributed by atoms with Crippen LogP contribution in [-0.2, 0) is 4.79 Å². The molecule has 1 saturated heterocycles. The fourth-order valence-electron chi connectivity index (χ4n) is 2.69. The molecule has 5 nitrogen and oxygen atoms in total. The van der Waals surface area contributed by atoms with E-state index in [0.29, 0.717) is 24.3 Å². The highest BCUT2D eigenvalue weighted by atomic mass is 16.5. The summed E-state index contributed by atoms with van der Waals surface area (Å²) in [6.45, 7) is 0.463. The number of hydrogen-bond acceptors (Lipinski definition) is 3. The van der Waals surface area contributed by atoms with Gasteiger partial charge in [0.05, 0.1) is 13.2 Å². The SMILES string of the molecule is COc1cccc(N2C[C@H](NC(=O)c3ccccc3)CC2=O)c1. The Morgan fingerprint density at radius 2 is 1.96 bits per heavy atom. The molecule has 0 bridgehead atoms. The van der Waals surface area contributed by atoms with E-state index in [1.165, 1.54) is 0 Å². The maximum absolute atomic E-state index is 12.2. The topological polar surface area (TPSA) is 58.6 Å².